The molecule has 26 heavy (non-hydrogen) atoms. The lowest BCUT2D eigenvalue weighted by atomic mass is 9.86. The molecule has 1 fully saturated rings. The first kappa shape index (κ1) is 17.2. The van der Waals surface area contributed by atoms with Crippen molar-refractivity contribution < 1.29 is 0 Å². The predicted molar refractivity (Wildman–Crippen MR) is 104 cm³/mol. The maximum absolute atomic E-state index is 6.39. The summed E-state index contributed by atoms with van der Waals surface area (Å²) in [4.78, 5) is 20.3. The van der Waals surface area contributed by atoms with Gasteiger partial charge in [0.2, 0.25) is 0 Å². The molecule has 136 valence electrons. The van der Waals surface area contributed by atoms with E-state index in [0.29, 0.717) is 17.4 Å². The summed E-state index contributed by atoms with van der Waals surface area (Å²) in [6, 6.07) is 1.80. The van der Waals surface area contributed by atoms with Crippen molar-refractivity contribution in [2.45, 2.75) is 38.3 Å². The number of nitrogen functional groups attached to an aromatic ring is 1. The van der Waals surface area contributed by atoms with Crippen LogP contribution in [0.15, 0.2) is 23.5 Å². The van der Waals surface area contributed by atoms with Gasteiger partial charge in [-0.15, -0.1) is 0 Å². The van der Waals surface area contributed by atoms with Crippen LogP contribution in [0.3, 0.4) is 0 Å². The SMILES string of the molecule is CCC1(N)CCN(c2cnc3c(n2)CN=C3c2ccnc(N)c2Cl)CC1. The van der Waals surface area contributed by atoms with Gasteiger partial charge in [-0.2, -0.15) is 0 Å². The van der Waals surface area contributed by atoms with Crippen molar-refractivity contribution in [3.8, 4) is 0 Å². The molecule has 4 heterocycles. The average Bonchev–Trinajstić information content (AvgIpc) is 3.07. The summed E-state index contributed by atoms with van der Waals surface area (Å²) in [7, 11) is 0. The van der Waals surface area contributed by atoms with Gasteiger partial charge in [-0.3, -0.25) is 4.99 Å². The monoisotopic (exact) mass is 371 g/mol. The molecule has 1 saturated heterocycles. The fourth-order valence-electron chi connectivity index (χ4n) is 3.50. The third-order valence-electron chi connectivity index (χ3n) is 5.40. The molecule has 0 saturated carbocycles. The molecule has 4 N–H and O–H groups in total. The Morgan fingerprint density at radius 2 is 2.04 bits per heavy atom. The van der Waals surface area contributed by atoms with Gasteiger partial charge in [0.15, 0.2) is 0 Å². The van der Waals surface area contributed by atoms with Crippen molar-refractivity contribution in [1.29, 1.82) is 0 Å². The third-order valence-corrected chi connectivity index (χ3v) is 5.80. The first-order chi connectivity index (χ1) is 12.5. The molecule has 2 aromatic rings. The smallest absolute Gasteiger partial charge is 0.147 e. The topological polar surface area (TPSA) is 106 Å². The molecule has 0 spiro atoms. The minimum atomic E-state index is -0.0467. The number of halogens is 1. The highest BCUT2D eigenvalue weighted by Crippen LogP contribution is 2.30. The number of nitrogens with zero attached hydrogens (tertiary/aromatic N) is 5. The van der Waals surface area contributed by atoms with Crippen LogP contribution in [0.4, 0.5) is 11.6 Å². The fourth-order valence-corrected chi connectivity index (χ4v) is 3.70. The Kier molecular flexibility index (Phi) is 4.28. The van der Waals surface area contributed by atoms with Crippen molar-refractivity contribution in [2.24, 2.45) is 10.7 Å². The summed E-state index contributed by atoms with van der Waals surface area (Å²) < 4.78 is 0. The summed E-state index contributed by atoms with van der Waals surface area (Å²) >= 11 is 6.30. The van der Waals surface area contributed by atoms with Crippen LogP contribution in [0.5, 0.6) is 0 Å². The molecule has 0 unspecified atom stereocenters. The molecule has 2 aliphatic heterocycles. The van der Waals surface area contributed by atoms with Crippen LogP contribution in [0, 0.1) is 0 Å². The minimum absolute atomic E-state index is 0.0467. The maximum Gasteiger partial charge on any atom is 0.147 e. The summed E-state index contributed by atoms with van der Waals surface area (Å²) in [5, 5.41) is 0.403. The Balaban J connectivity index is 1.58. The molecule has 8 heteroatoms. The lowest BCUT2D eigenvalue weighted by Gasteiger charge is -2.39. The Bertz CT molecular complexity index is 872. The van der Waals surface area contributed by atoms with Gasteiger partial charge in [0.05, 0.1) is 29.2 Å². The standard InChI is InChI=1S/C18H22ClN7/c1-2-18(21)4-7-26(8-5-18)13-10-24-16-12(25-13)9-23-15(16)11-3-6-22-17(20)14(11)19/h3,6,10H,2,4-5,7-9,21H2,1H3,(H2,20,22). The minimum Gasteiger partial charge on any atom is -0.382 e. The van der Waals surface area contributed by atoms with Crippen LogP contribution in [0.1, 0.15) is 43.1 Å². The van der Waals surface area contributed by atoms with Gasteiger partial charge in [-0.25, -0.2) is 15.0 Å². The zero-order chi connectivity index (χ0) is 18.3. The zero-order valence-corrected chi connectivity index (χ0v) is 15.5. The van der Waals surface area contributed by atoms with Gasteiger partial charge in [0.1, 0.15) is 17.3 Å². The van der Waals surface area contributed by atoms with E-state index in [1.165, 1.54) is 0 Å². The molecular formula is C18H22ClN7. The first-order valence-corrected chi connectivity index (χ1v) is 9.23. The number of nitrogens with two attached hydrogens (primary N) is 2. The lowest BCUT2D eigenvalue weighted by Crippen LogP contribution is -2.50. The van der Waals surface area contributed by atoms with Crippen molar-refractivity contribution in [3.05, 3.63) is 40.4 Å². The van der Waals surface area contributed by atoms with Crippen LogP contribution in [0.2, 0.25) is 5.02 Å². The van der Waals surface area contributed by atoms with Gasteiger partial charge in [-0.05, 0) is 25.3 Å². The van der Waals surface area contributed by atoms with Gasteiger partial charge < -0.3 is 16.4 Å². The number of fused-ring (bicyclic) bond motifs is 1. The van der Waals surface area contributed by atoms with Crippen LogP contribution in [-0.4, -0.2) is 39.3 Å². The summed E-state index contributed by atoms with van der Waals surface area (Å²) in [5.74, 6) is 1.18. The molecule has 2 aliphatic rings. The number of hydrogen-bond donors (Lipinski definition) is 2. The van der Waals surface area contributed by atoms with E-state index in [1.807, 2.05) is 6.20 Å². The molecule has 0 aromatic carbocycles. The number of aliphatic imine (C=N–C) groups is 1. The highest BCUT2D eigenvalue weighted by atomic mass is 35.5. The number of hydrogen-bond acceptors (Lipinski definition) is 7. The van der Waals surface area contributed by atoms with E-state index in [-0.39, 0.29) is 5.54 Å². The van der Waals surface area contributed by atoms with Gasteiger partial charge in [0.25, 0.3) is 0 Å². The molecule has 0 aliphatic carbocycles. The largest absolute Gasteiger partial charge is 0.382 e. The van der Waals surface area contributed by atoms with E-state index in [0.717, 1.165) is 60.8 Å². The normalized spacial score (nSPS) is 18.6. The second-order valence-corrected chi connectivity index (χ2v) is 7.33. The number of pyridine rings is 1. The molecule has 4 rings (SSSR count). The van der Waals surface area contributed by atoms with Gasteiger partial charge in [-0.1, -0.05) is 18.5 Å². The fraction of sp³-hybridized carbons (Fsp3) is 0.444. The third kappa shape index (κ3) is 2.91. The van der Waals surface area contributed by atoms with E-state index in [9.17, 15) is 0 Å². The number of aromatic nitrogens is 3. The molecule has 0 amide bonds. The van der Waals surface area contributed by atoms with E-state index in [4.69, 9.17) is 28.1 Å². The van der Waals surface area contributed by atoms with E-state index >= 15 is 0 Å². The van der Waals surface area contributed by atoms with Crippen LogP contribution in [0.25, 0.3) is 0 Å². The number of piperidine rings is 1. The Morgan fingerprint density at radius 3 is 2.77 bits per heavy atom. The van der Waals surface area contributed by atoms with E-state index < -0.39 is 0 Å². The molecule has 0 bridgehead atoms. The zero-order valence-electron chi connectivity index (χ0n) is 14.7. The van der Waals surface area contributed by atoms with Crippen LogP contribution >= 0.6 is 11.6 Å². The molecule has 0 atom stereocenters. The van der Waals surface area contributed by atoms with Crippen molar-refractivity contribution >= 4 is 28.9 Å². The van der Waals surface area contributed by atoms with Crippen molar-refractivity contribution in [1.82, 2.24) is 15.0 Å². The summed E-state index contributed by atoms with van der Waals surface area (Å²) in [5.41, 5.74) is 15.3. The maximum atomic E-state index is 6.39. The van der Waals surface area contributed by atoms with E-state index in [1.54, 1.807) is 12.3 Å². The quantitative estimate of drug-likeness (QED) is 0.856. The summed E-state index contributed by atoms with van der Waals surface area (Å²) in [6.07, 6.45) is 6.38. The molecule has 0 radical (unpaired) electrons. The van der Waals surface area contributed by atoms with E-state index in [2.05, 4.69) is 26.8 Å². The molecule has 2 aromatic heterocycles. The number of rotatable bonds is 3. The van der Waals surface area contributed by atoms with Gasteiger partial charge in [0, 0.05) is 30.4 Å². The second-order valence-electron chi connectivity index (χ2n) is 6.95. The Hall–Kier alpha value is -2.25. The second kappa shape index (κ2) is 6.48. The first-order valence-electron chi connectivity index (χ1n) is 8.86. The molecular weight excluding hydrogens is 350 g/mol. The Labute approximate surface area is 157 Å². The highest BCUT2D eigenvalue weighted by Gasteiger charge is 2.30. The van der Waals surface area contributed by atoms with Crippen molar-refractivity contribution in [3.63, 3.8) is 0 Å². The lowest BCUT2D eigenvalue weighted by molar-refractivity contribution is 0.322. The Morgan fingerprint density at radius 1 is 1.27 bits per heavy atom. The van der Waals surface area contributed by atoms with Gasteiger partial charge >= 0.3 is 0 Å². The summed E-state index contributed by atoms with van der Waals surface area (Å²) in [6.45, 7) is 4.45. The number of anilines is 2. The van der Waals surface area contributed by atoms with Crippen molar-refractivity contribution in [2.75, 3.05) is 23.7 Å². The molecule has 7 nitrogen and oxygen atoms in total. The average molecular weight is 372 g/mol. The predicted octanol–water partition coefficient (Wildman–Crippen LogP) is 2.17. The van der Waals surface area contributed by atoms with Crippen LogP contribution in [-0.2, 0) is 6.54 Å². The highest BCUT2D eigenvalue weighted by molar-refractivity contribution is 6.37. The van der Waals surface area contributed by atoms with Crippen LogP contribution < -0.4 is 16.4 Å².